The Kier molecular flexibility index (Phi) is 6.25. The number of piperidine rings is 1. The van der Waals surface area contributed by atoms with Crippen LogP contribution in [0.5, 0.6) is 5.75 Å². The van der Waals surface area contributed by atoms with E-state index in [0.717, 1.165) is 0 Å². The van der Waals surface area contributed by atoms with Gasteiger partial charge in [0, 0.05) is 13.1 Å². The number of hydrogen-bond acceptors (Lipinski definition) is 4. The Hall–Kier alpha value is -2.48. The Labute approximate surface area is 144 Å². The number of hydrogen-bond donors (Lipinski definition) is 3. The minimum Gasteiger partial charge on any atom is -0.482 e. The highest BCUT2D eigenvalue weighted by Gasteiger charge is 2.27. The fourth-order valence-electron chi connectivity index (χ4n) is 2.37. The van der Waals surface area contributed by atoms with Crippen molar-refractivity contribution in [2.75, 3.05) is 19.7 Å². The van der Waals surface area contributed by atoms with Gasteiger partial charge in [-0.15, -0.1) is 0 Å². The van der Waals surface area contributed by atoms with Gasteiger partial charge in [-0.25, -0.2) is 4.79 Å². The molecule has 0 spiro atoms. The van der Waals surface area contributed by atoms with Crippen molar-refractivity contribution in [3.8, 4) is 5.75 Å². The molecule has 1 aliphatic rings. The molecule has 9 heteroatoms. The molecule has 2 rings (SSSR count). The summed E-state index contributed by atoms with van der Waals surface area (Å²) >= 11 is 5.91. The summed E-state index contributed by atoms with van der Waals surface area (Å²) < 4.78 is 5.26. The van der Waals surface area contributed by atoms with Crippen LogP contribution in [0.1, 0.15) is 12.8 Å². The Morgan fingerprint density at radius 3 is 2.75 bits per heavy atom. The highest BCUT2D eigenvalue weighted by molar-refractivity contribution is 6.32. The summed E-state index contributed by atoms with van der Waals surface area (Å²) in [6, 6.07) is 6.20. The van der Waals surface area contributed by atoms with Crippen LogP contribution in [0.3, 0.4) is 0 Å². The van der Waals surface area contributed by atoms with Gasteiger partial charge in [0.15, 0.2) is 6.61 Å². The third kappa shape index (κ3) is 5.02. The zero-order chi connectivity index (χ0) is 17.5. The molecule has 130 valence electrons. The summed E-state index contributed by atoms with van der Waals surface area (Å²) in [6.45, 7) is 0.492. The van der Waals surface area contributed by atoms with Gasteiger partial charge >= 0.3 is 6.03 Å². The van der Waals surface area contributed by atoms with E-state index in [4.69, 9.17) is 22.1 Å². The van der Waals surface area contributed by atoms with Gasteiger partial charge in [0.25, 0.3) is 5.91 Å². The summed E-state index contributed by atoms with van der Waals surface area (Å²) in [5, 5.41) is 0.392. The molecule has 0 aromatic heterocycles. The van der Waals surface area contributed by atoms with E-state index in [1.54, 1.807) is 24.3 Å². The molecule has 0 unspecified atom stereocenters. The summed E-state index contributed by atoms with van der Waals surface area (Å²) in [5.41, 5.74) is 9.82. The van der Waals surface area contributed by atoms with Crippen LogP contribution in [0, 0.1) is 5.92 Å². The summed E-state index contributed by atoms with van der Waals surface area (Å²) in [7, 11) is 0. The summed E-state index contributed by atoms with van der Waals surface area (Å²) in [4.78, 5) is 36.3. The van der Waals surface area contributed by atoms with Crippen molar-refractivity contribution < 1.29 is 19.1 Å². The number of para-hydroxylation sites is 1. The fourth-order valence-corrected chi connectivity index (χ4v) is 2.56. The lowest BCUT2D eigenvalue weighted by Crippen LogP contribution is -2.51. The van der Waals surface area contributed by atoms with Crippen molar-refractivity contribution in [1.82, 2.24) is 15.8 Å². The second-order valence-corrected chi connectivity index (χ2v) is 5.79. The standard InChI is InChI=1S/C15H19ClN4O4/c16-11-5-1-2-6-12(11)24-9-13(21)18-19-14(22)10-4-3-7-20(8-10)15(17)23/h1-2,5-6,10H,3-4,7-9H2,(H2,17,23)(H,18,21)(H,19,22)/t10-/m1/s1. The van der Waals surface area contributed by atoms with E-state index >= 15 is 0 Å². The zero-order valence-electron chi connectivity index (χ0n) is 13.0. The lowest BCUT2D eigenvalue weighted by atomic mass is 9.98. The predicted molar refractivity (Wildman–Crippen MR) is 87.1 cm³/mol. The Bertz CT molecular complexity index is 625. The van der Waals surface area contributed by atoms with Crippen molar-refractivity contribution >= 4 is 29.4 Å². The van der Waals surface area contributed by atoms with Gasteiger partial charge < -0.3 is 15.4 Å². The highest BCUT2D eigenvalue weighted by atomic mass is 35.5. The number of ether oxygens (including phenoxy) is 1. The maximum atomic E-state index is 12.0. The molecular weight excluding hydrogens is 336 g/mol. The number of hydrazine groups is 1. The van der Waals surface area contributed by atoms with Crippen molar-refractivity contribution in [2.45, 2.75) is 12.8 Å². The lowest BCUT2D eigenvalue weighted by molar-refractivity contribution is -0.132. The number of benzene rings is 1. The van der Waals surface area contributed by atoms with Crippen LogP contribution >= 0.6 is 11.6 Å². The number of primary amides is 1. The quantitative estimate of drug-likeness (QED) is 0.689. The molecule has 1 saturated heterocycles. The van der Waals surface area contributed by atoms with Gasteiger partial charge in [0.05, 0.1) is 10.9 Å². The molecule has 1 aromatic rings. The topological polar surface area (TPSA) is 114 Å². The number of nitrogens with zero attached hydrogens (tertiary/aromatic N) is 1. The second-order valence-electron chi connectivity index (χ2n) is 5.38. The maximum Gasteiger partial charge on any atom is 0.314 e. The van der Waals surface area contributed by atoms with Gasteiger partial charge in [-0.2, -0.15) is 0 Å². The number of amides is 4. The average Bonchev–Trinajstić information content (AvgIpc) is 2.59. The van der Waals surface area contributed by atoms with Crippen molar-refractivity contribution in [2.24, 2.45) is 11.7 Å². The molecule has 4 N–H and O–H groups in total. The van der Waals surface area contributed by atoms with Crippen LogP contribution in [0.25, 0.3) is 0 Å². The number of urea groups is 1. The third-order valence-corrected chi connectivity index (χ3v) is 3.94. The van der Waals surface area contributed by atoms with E-state index in [9.17, 15) is 14.4 Å². The summed E-state index contributed by atoms with van der Waals surface area (Å²) in [5.74, 6) is -0.918. The maximum absolute atomic E-state index is 12.0. The van der Waals surface area contributed by atoms with Crippen LogP contribution in [0.2, 0.25) is 5.02 Å². The van der Waals surface area contributed by atoms with Crippen LogP contribution in [-0.4, -0.2) is 42.4 Å². The number of likely N-dealkylation sites (tertiary alicyclic amines) is 1. The molecule has 0 aliphatic carbocycles. The minimum absolute atomic E-state index is 0.243. The molecular formula is C15H19ClN4O4. The third-order valence-electron chi connectivity index (χ3n) is 3.62. The van der Waals surface area contributed by atoms with E-state index in [2.05, 4.69) is 10.9 Å². The van der Waals surface area contributed by atoms with Crippen LogP contribution in [-0.2, 0) is 9.59 Å². The zero-order valence-corrected chi connectivity index (χ0v) is 13.7. The molecule has 8 nitrogen and oxygen atoms in total. The van der Waals surface area contributed by atoms with Crippen LogP contribution < -0.4 is 21.3 Å². The number of carbonyl (C=O) groups excluding carboxylic acids is 3. The molecule has 0 radical (unpaired) electrons. The Morgan fingerprint density at radius 1 is 1.29 bits per heavy atom. The molecule has 0 bridgehead atoms. The number of nitrogens with one attached hydrogen (secondary N) is 2. The normalized spacial score (nSPS) is 17.0. The van der Waals surface area contributed by atoms with Crippen molar-refractivity contribution in [3.05, 3.63) is 29.3 Å². The van der Waals surface area contributed by atoms with Gasteiger partial charge in [0.1, 0.15) is 5.75 Å². The van der Waals surface area contributed by atoms with E-state index < -0.39 is 17.9 Å². The predicted octanol–water partition coefficient (Wildman–Crippen LogP) is 0.657. The lowest BCUT2D eigenvalue weighted by Gasteiger charge is -2.30. The van der Waals surface area contributed by atoms with Gasteiger partial charge in [-0.3, -0.25) is 20.4 Å². The van der Waals surface area contributed by atoms with Crippen LogP contribution in [0.15, 0.2) is 24.3 Å². The first-order valence-corrected chi connectivity index (χ1v) is 7.85. The second kappa shape index (κ2) is 8.39. The first kappa shape index (κ1) is 17.9. The number of halogens is 1. The van der Waals surface area contributed by atoms with Crippen LogP contribution in [0.4, 0.5) is 4.79 Å². The Balaban J connectivity index is 1.74. The molecule has 1 aromatic carbocycles. The van der Waals surface area contributed by atoms with E-state index in [1.165, 1.54) is 4.90 Å². The van der Waals surface area contributed by atoms with Crippen molar-refractivity contribution in [1.29, 1.82) is 0 Å². The summed E-state index contributed by atoms with van der Waals surface area (Å²) in [6.07, 6.45) is 1.31. The monoisotopic (exact) mass is 354 g/mol. The SMILES string of the molecule is NC(=O)N1CCC[C@@H](C(=O)NNC(=O)COc2ccccc2Cl)C1. The number of rotatable bonds is 4. The smallest absolute Gasteiger partial charge is 0.314 e. The van der Waals surface area contributed by atoms with Crippen molar-refractivity contribution in [3.63, 3.8) is 0 Å². The largest absolute Gasteiger partial charge is 0.482 e. The first-order chi connectivity index (χ1) is 11.5. The molecule has 1 fully saturated rings. The molecule has 0 saturated carbocycles. The van der Waals surface area contributed by atoms with Gasteiger partial charge in [-0.1, -0.05) is 23.7 Å². The van der Waals surface area contributed by atoms with Gasteiger partial charge in [-0.05, 0) is 25.0 Å². The Morgan fingerprint density at radius 2 is 2.04 bits per heavy atom. The molecule has 4 amide bonds. The molecule has 1 aliphatic heterocycles. The number of nitrogens with two attached hydrogens (primary N) is 1. The number of carbonyl (C=O) groups is 3. The van der Waals surface area contributed by atoms with E-state index in [0.29, 0.717) is 30.2 Å². The average molecular weight is 355 g/mol. The van der Waals surface area contributed by atoms with E-state index in [1.807, 2.05) is 0 Å². The molecule has 24 heavy (non-hydrogen) atoms. The minimum atomic E-state index is -0.551. The van der Waals surface area contributed by atoms with Gasteiger partial charge in [0.2, 0.25) is 5.91 Å². The highest BCUT2D eigenvalue weighted by Crippen LogP contribution is 2.22. The van der Waals surface area contributed by atoms with E-state index in [-0.39, 0.29) is 19.1 Å². The molecule has 1 atom stereocenters. The first-order valence-electron chi connectivity index (χ1n) is 7.47. The fraction of sp³-hybridized carbons (Fsp3) is 0.400. The molecule has 1 heterocycles.